The van der Waals surface area contributed by atoms with Gasteiger partial charge in [-0.3, -0.25) is 0 Å². The number of carbonyl (C=O) groups is 1. The fourth-order valence-corrected chi connectivity index (χ4v) is 3.47. The third-order valence-corrected chi connectivity index (χ3v) is 4.98. The zero-order valence-corrected chi connectivity index (χ0v) is 15.5. The van der Waals surface area contributed by atoms with E-state index in [4.69, 9.17) is 9.47 Å². The number of esters is 1. The first-order valence-corrected chi connectivity index (χ1v) is 9.28. The third kappa shape index (κ3) is 3.57. The van der Waals surface area contributed by atoms with Gasteiger partial charge < -0.3 is 9.47 Å². The van der Waals surface area contributed by atoms with Crippen LogP contribution < -0.4 is 4.74 Å². The number of hydrogen-bond acceptors (Lipinski definition) is 4. The molecule has 1 aliphatic rings. The lowest BCUT2D eigenvalue weighted by molar-refractivity contribution is -0.166. The number of rotatable bonds is 4. The fourth-order valence-electron chi connectivity index (χ4n) is 3.47. The van der Waals surface area contributed by atoms with E-state index in [1.54, 1.807) is 18.2 Å². The summed E-state index contributed by atoms with van der Waals surface area (Å²) in [5.74, 6) is -0.538. The van der Waals surface area contributed by atoms with E-state index in [1.807, 2.05) is 54.6 Å². The molecule has 3 aromatic carbocycles. The third-order valence-electron chi connectivity index (χ3n) is 4.98. The van der Waals surface area contributed by atoms with Gasteiger partial charge in [-0.15, -0.1) is 0 Å². The lowest BCUT2D eigenvalue weighted by Crippen LogP contribution is -2.40. The monoisotopic (exact) mass is 387 g/mol. The average Bonchev–Trinajstić information content (AvgIpc) is 2.79. The fraction of sp³-hybridized carbons (Fsp3) is 0.167. The molecule has 0 saturated carbocycles. The summed E-state index contributed by atoms with van der Waals surface area (Å²) in [7, 11) is 0. The number of para-hydroxylation sites is 1. The summed E-state index contributed by atoms with van der Waals surface area (Å²) in [5, 5.41) is 9.42. The molecule has 1 heterocycles. The summed E-state index contributed by atoms with van der Waals surface area (Å²) in [6.45, 7) is 0. The molecule has 144 valence electrons. The Hall–Kier alpha value is -3.65. The molecule has 0 bridgehead atoms. The van der Waals surface area contributed by atoms with Crippen molar-refractivity contribution in [2.24, 2.45) is 0 Å². The maximum absolute atomic E-state index is 15.4. The van der Waals surface area contributed by atoms with Crippen LogP contribution in [0.15, 0.2) is 84.9 Å². The molecule has 29 heavy (non-hydrogen) atoms. The summed E-state index contributed by atoms with van der Waals surface area (Å²) >= 11 is 0. The van der Waals surface area contributed by atoms with Crippen LogP contribution in [0.4, 0.5) is 4.39 Å². The van der Waals surface area contributed by atoms with Crippen LogP contribution in [0.2, 0.25) is 0 Å². The highest BCUT2D eigenvalue weighted by Crippen LogP contribution is 2.38. The minimum atomic E-state index is -2.89. The summed E-state index contributed by atoms with van der Waals surface area (Å²) in [6.07, 6.45) is -1.02. The highest BCUT2D eigenvalue weighted by atomic mass is 19.1. The lowest BCUT2D eigenvalue weighted by atomic mass is 9.93. The first-order chi connectivity index (χ1) is 14.1. The molecule has 0 fully saturated rings. The highest BCUT2D eigenvalue weighted by molar-refractivity contribution is 5.85. The smallest absolute Gasteiger partial charge is 0.364 e. The number of nitrogens with zero attached hydrogens (tertiary/aromatic N) is 1. The van der Waals surface area contributed by atoms with Gasteiger partial charge in [0.15, 0.2) is 6.10 Å². The van der Waals surface area contributed by atoms with Gasteiger partial charge in [0.05, 0.1) is 0 Å². The Morgan fingerprint density at radius 1 is 1.00 bits per heavy atom. The molecule has 5 heteroatoms. The number of carbonyl (C=O) groups excluding carboxylic acids is 1. The second-order valence-corrected chi connectivity index (χ2v) is 6.84. The van der Waals surface area contributed by atoms with Gasteiger partial charge in [0.1, 0.15) is 17.9 Å². The molecule has 0 saturated heterocycles. The van der Waals surface area contributed by atoms with Gasteiger partial charge in [0.2, 0.25) is 0 Å². The van der Waals surface area contributed by atoms with Crippen molar-refractivity contribution in [2.75, 3.05) is 0 Å². The largest absolute Gasteiger partial charge is 0.482 e. The molecule has 0 amide bonds. The first kappa shape index (κ1) is 18.7. The molecule has 4 nitrogen and oxygen atoms in total. The lowest BCUT2D eigenvalue weighted by Gasteiger charge is -2.34. The Bertz CT molecular complexity index is 1050. The van der Waals surface area contributed by atoms with E-state index in [1.165, 1.54) is 18.2 Å². The van der Waals surface area contributed by atoms with E-state index in [9.17, 15) is 10.1 Å². The molecule has 0 aromatic heterocycles. The molecular formula is C24H18FNO3. The molecule has 4 rings (SSSR count). The average molecular weight is 387 g/mol. The van der Waals surface area contributed by atoms with Crippen molar-refractivity contribution < 1.29 is 18.7 Å². The van der Waals surface area contributed by atoms with Gasteiger partial charge in [0, 0.05) is 12.0 Å². The predicted molar refractivity (Wildman–Crippen MR) is 105 cm³/mol. The van der Waals surface area contributed by atoms with Gasteiger partial charge in [-0.1, -0.05) is 78.9 Å². The van der Waals surface area contributed by atoms with Gasteiger partial charge in [-0.2, -0.15) is 5.26 Å². The second-order valence-electron chi connectivity index (χ2n) is 6.84. The predicted octanol–water partition coefficient (Wildman–Crippen LogP) is 4.66. The summed E-state index contributed by atoms with van der Waals surface area (Å²) in [4.78, 5) is 12.8. The summed E-state index contributed by atoms with van der Waals surface area (Å²) in [6, 6.07) is 25.9. The van der Waals surface area contributed by atoms with Crippen molar-refractivity contribution in [3.05, 3.63) is 102 Å². The van der Waals surface area contributed by atoms with E-state index in [0.717, 1.165) is 11.1 Å². The number of nitriles is 1. The van der Waals surface area contributed by atoms with Gasteiger partial charge in [-0.05, 0) is 17.2 Å². The minimum Gasteiger partial charge on any atom is -0.482 e. The number of alkyl halides is 1. The van der Waals surface area contributed by atoms with Gasteiger partial charge in [-0.25, -0.2) is 9.18 Å². The van der Waals surface area contributed by atoms with Crippen LogP contribution in [0.1, 0.15) is 22.8 Å². The minimum absolute atomic E-state index is 0.0547. The zero-order valence-electron chi connectivity index (χ0n) is 15.5. The molecule has 0 unspecified atom stereocenters. The van der Waals surface area contributed by atoms with E-state index in [-0.39, 0.29) is 5.56 Å². The van der Waals surface area contributed by atoms with Crippen LogP contribution in [-0.2, 0) is 21.6 Å². The second kappa shape index (κ2) is 7.76. The molecule has 0 radical (unpaired) electrons. The van der Waals surface area contributed by atoms with E-state index in [0.29, 0.717) is 12.2 Å². The SMILES string of the molecule is N#C[C@@](F)(C(=O)O[C@@H]1Cc2ccccc2O[C@@H]1c1ccccc1)c1ccccc1. The molecule has 3 atom stereocenters. The highest BCUT2D eigenvalue weighted by Gasteiger charge is 2.46. The maximum atomic E-state index is 15.4. The van der Waals surface area contributed by atoms with Crippen molar-refractivity contribution in [3.63, 3.8) is 0 Å². The van der Waals surface area contributed by atoms with Crippen LogP contribution in [0.5, 0.6) is 5.75 Å². The Morgan fingerprint density at radius 3 is 2.31 bits per heavy atom. The Labute approximate surface area is 168 Å². The number of ether oxygens (including phenoxy) is 2. The van der Waals surface area contributed by atoms with Crippen LogP contribution in [0.3, 0.4) is 0 Å². The van der Waals surface area contributed by atoms with Crippen molar-refractivity contribution in [1.29, 1.82) is 5.26 Å². The number of hydrogen-bond donors (Lipinski definition) is 0. The Kier molecular flexibility index (Phi) is 5.01. The number of halogens is 1. The normalized spacial score (nSPS) is 19.7. The van der Waals surface area contributed by atoms with Crippen molar-refractivity contribution >= 4 is 5.97 Å². The van der Waals surface area contributed by atoms with E-state index in [2.05, 4.69) is 0 Å². The summed E-state index contributed by atoms with van der Waals surface area (Å²) in [5.41, 5.74) is -1.28. The van der Waals surface area contributed by atoms with Crippen LogP contribution in [0.25, 0.3) is 0 Å². The van der Waals surface area contributed by atoms with Gasteiger partial charge in [0.25, 0.3) is 0 Å². The molecule has 0 aliphatic carbocycles. The molecular weight excluding hydrogens is 369 g/mol. The van der Waals surface area contributed by atoms with Gasteiger partial charge >= 0.3 is 11.6 Å². The number of benzene rings is 3. The number of fused-ring (bicyclic) bond motifs is 1. The van der Waals surface area contributed by atoms with Crippen molar-refractivity contribution in [3.8, 4) is 11.8 Å². The van der Waals surface area contributed by atoms with E-state index < -0.39 is 23.8 Å². The zero-order chi connectivity index (χ0) is 20.3. The topological polar surface area (TPSA) is 59.3 Å². The standard InChI is InChI=1S/C24H18FNO3/c25-24(16-26,19-12-5-2-6-13-19)23(27)29-21-15-18-11-7-8-14-20(18)28-22(21)17-9-3-1-4-10-17/h1-14,21-22H,15H2/t21-,22-,24+/m1/s1. The Morgan fingerprint density at radius 2 is 1.62 bits per heavy atom. The van der Waals surface area contributed by atoms with Crippen LogP contribution in [0, 0.1) is 11.3 Å². The first-order valence-electron chi connectivity index (χ1n) is 9.28. The molecule has 1 aliphatic heterocycles. The Balaban J connectivity index is 1.66. The molecule has 3 aromatic rings. The van der Waals surface area contributed by atoms with Crippen LogP contribution in [-0.4, -0.2) is 12.1 Å². The van der Waals surface area contributed by atoms with E-state index >= 15 is 4.39 Å². The summed E-state index contributed by atoms with van der Waals surface area (Å²) < 4.78 is 27.0. The van der Waals surface area contributed by atoms with Crippen molar-refractivity contribution in [2.45, 2.75) is 24.3 Å². The molecule has 0 spiro atoms. The van der Waals surface area contributed by atoms with Crippen LogP contribution >= 0.6 is 0 Å². The maximum Gasteiger partial charge on any atom is 0.364 e. The quantitative estimate of drug-likeness (QED) is 0.611. The van der Waals surface area contributed by atoms with Crippen molar-refractivity contribution in [1.82, 2.24) is 0 Å². The molecule has 0 N–H and O–H groups in total.